The fraction of sp³-hybridized carbons (Fsp3) is 0.467. The van der Waals surface area contributed by atoms with Crippen LogP contribution in [-0.2, 0) is 0 Å². The summed E-state index contributed by atoms with van der Waals surface area (Å²) in [7, 11) is 3.47. The van der Waals surface area contributed by atoms with Gasteiger partial charge in [-0.05, 0) is 25.0 Å². The van der Waals surface area contributed by atoms with E-state index in [-0.39, 0.29) is 17.6 Å². The van der Waals surface area contributed by atoms with Crippen LogP contribution < -0.4 is 5.32 Å². The van der Waals surface area contributed by atoms with Crippen molar-refractivity contribution in [1.82, 2.24) is 9.80 Å². The fourth-order valence-corrected chi connectivity index (χ4v) is 2.48. The second-order valence-corrected chi connectivity index (χ2v) is 5.36. The Kier molecular flexibility index (Phi) is 4.63. The van der Waals surface area contributed by atoms with Crippen LogP contribution in [0.5, 0.6) is 0 Å². The number of hydrogen-bond donors (Lipinski definition) is 1. The molecule has 1 aliphatic heterocycles. The molecule has 0 saturated carbocycles. The number of nitrogens with zero attached hydrogens (tertiary/aromatic N) is 3. The molecule has 0 unspecified atom stereocenters. The predicted molar refractivity (Wildman–Crippen MR) is 78.4 cm³/mol. The average molecular weight is 290 g/mol. The number of carbonyl (C=O) groups excluding carboxylic acids is 1. The smallest absolute Gasteiger partial charge is 0.319 e. The summed E-state index contributed by atoms with van der Waals surface area (Å²) in [6, 6.07) is 6.62. The Hall–Kier alpha value is -2.29. The quantitative estimate of drug-likeness (QED) is 0.909. The molecule has 2 rings (SSSR count). The Bertz CT molecular complexity index is 559. The molecule has 2 amide bonds. The molecule has 6 heteroatoms. The molecule has 0 radical (unpaired) electrons. The first-order valence-corrected chi connectivity index (χ1v) is 6.94. The Labute approximate surface area is 123 Å². The highest BCUT2D eigenvalue weighted by molar-refractivity contribution is 5.74. The number of carbonyl (C=O) groups is 1. The summed E-state index contributed by atoms with van der Waals surface area (Å²) in [5, 5.41) is 12.2. The Morgan fingerprint density at radius 2 is 2.10 bits per heavy atom. The molecule has 0 atom stereocenters. The van der Waals surface area contributed by atoms with E-state index < -0.39 is 5.82 Å². The van der Waals surface area contributed by atoms with Gasteiger partial charge in [-0.15, -0.1) is 0 Å². The topological polar surface area (TPSA) is 59.4 Å². The standard InChI is InChI=1S/C15H19FN4O/c1-19(2)15(21)20-8-6-11(7-9-20)18-14-5-3-4-13(16)12(14)10-17/h3-5,11,18H,6-9H2,1-2H3. The molecule has 1 aromatic rings. The molecule has 0 spiro atoms. The molecule has 112 valence electrons. The number of urea groups is 1. The van der Waals surface area contributed by atoms with Crippen molar-refractivity contribution in [1.29, 1.82) is 5.26 Å². The van der Waals surface area contributed by atoms with Gasteiger partial charge in [0.05, 0.1) is 5.69 Å². The summed E-state index contributed by atoms with van der Waals surface area (Å²) < 4.78 is 13.5. The van der Waals surface area contributed by atoms with E-state index in [1.807, 2.05) is 6.07 Å². The van der Waals surface area contributed by atoms with Crippen LogP contribution in [0.2, 0.25) is 0 Å². The van der Waals surface area contributed by atoms with Gasteiger partial charge in [0.15, 0.2) is 0 Å². The molecule has 1 aliphatic rings. The minimum atomic E-state index is -0.511. The number of rotatable bonds is 2. The minimum Gasteiger partial charge on any atom is -0.381 e. The van der Waals surface area contributed by atoms with Crippen LogP contribution in [0.1, 0.15) is 18.4 Å². The van der Waals surface area contributed by atoms with E-state index in [4.69, 9.17) is 5.26 Å². The average Bonchev–Trinajstić information content (AvgIpc) is 2.47. The first kappa shape index (κ1) is 15.1. The zero-order valence-corrected chi connectivity index (χ0v) is 12.3. The Morgan fingerprint density at radius 3 is 2.67 bits per heavy atom. The van der Waals surface area contributed by atoms with Gasteiger partial charge in [0.2, 0.25) is 0 Å². The molecular formula is C15H19FN4O. The lowest BCUT2D eigenvalue weighted by Crippen LogP contribution is -2.46. The third-order valence-electron chi connectivity index (χ3n) is 3.63. The molecule has 1 N–H and O–H groups in total. The molecule has 0 bridgehead atoms. The van der Waals surface area contributed by atoms with Crippen molar-refractivity contribution in [3.63, 3.8) is 0 Å². The zero-order chi connectivity index (χ0) is 15.4. The fourth-order valence-electron chi connectivity index (χ4n) is 2.48. The highest BCUT2D eigenvalue weighted by atomic mass is 19.1. The third kappa shape index (κ3) is 3.43. The maximum atomic E-state index is 13.5. The zero-order valence-electron chi connectivity index (χ0n) is 12.3. The summed E-state index contributed by atoms with van der Waals surface area (Å²) in [6.45, 7) is 1.32. The number of amides is 2. The van der Waals surface area contributed by atoms with E-state index in [0.717, 1.165) is 12.8 Å². The molecular weight excluding hydrogens is 271 g/mol. The number of anilines is 1. The van der Waals surface area contributed by atoms with E-state index >= 15 is 0 Å². The van der Waals surface area contributed by atoms with Gasteiger partial charge >= 0.3 is 6.03 Å². The van der Waals surface area contributed by atoms with Crippen molar-refractivity contribution < 1.29 is 9.18 Å². The molecule has 5 nitrogen and oxygen atoms in total. The van der Waals surface area contributed by atoms with Crippen molar-refractivity contribution in [3.05, 3.63) is 29.6 Å². The van der Waals surface area contributed by atoms with Gasteiger partial charge in [-0.1, -0.05) is 6.07 Å². The van der Waals surface area contributed by atoms with Gasteiger partial charge < -0.3 is 15.1 Å². The Morgan fingerprint density at radius 1 is 1.43 bits per heavy atom. The van der Waals surface area contributed by atoms with E-state index in [2.05, 4.69) is 5.32 Å². The number of nitriles is 1. The van der Waals surface area contributed by atoms with Gasteiger partial charge in [-0.25, -0.2) is 9.18 Å². The molecule has 21 heavy (non-hydrogen) atoms. The first-order valence-electron chi connectivity index (χ1n) is 6.94. The monoisotopic (exact) mass is 290 g/mol. The molecule has 1 heterocycles. The van der Waals surface area contributed by atoms with Crippen LogP contribution in [0.25, 0.3) is 0 Å². The van der Waals surface area contributed by atoms with E-state index in [0.29, 0.717) is 18.8 Å². The van der Waals surface area contributed by atoms with Crippen molar-refractivity contribution in [3.8, 4) is 6.07 Å². The van der Waals surface area contributed by atoms with Crippen LogP contribution in [0.3, 0.4) is 0 Å². The largest absolute Gasteiger partial charge is 0.381 e. The van der Waals surface area contributed by atoms with Crippen molar-refractivity contribution in [2.24, 2.45) is 0 Å². The maximum Gasteiger partial charge on any atom is 0.319 e. The van der Waals surface area contributed by atoms with E-state index in [9.17, 15) is 9.18 Å². The van der Waals surface area contributed by atoms with Crippen molar-refractivity contribution in [2.45, 2.75) is 18.9 Å². The highest BCUT2D eigenvalue weighted by Gasteiger charge is 2.24. The molecule has 1 aromatic carbocycles. The second kappa shape index (κ2) is 6.44. The number of likely N-dealkylation sites (tertiary alicyclic amines) is 1. The second-order valence-electron chi connectivity index (χ2n) is 5.36. The number of piperidine rings is 1. The summed E-state index contributed by atoms with van der Waals surface area (Å²) in [5.74, 6) is -0.511. The lowest BCUT2D eigenvalue weighted by atomic mass is 10.0. The normalized spacial score (nSPS) is 15.4. The minimum absolute atomic E-state index is 0.0110. The van der Waals surface area contributed by atoms with Crippen molar-refractivity contribution in [2.75, 3.05) is 32.5 Å². The number of nitrogens with one attached hydrogen (secondary N) is 1. The predicted octanol–water partition coefficient (Wildman–Crippen LogP) is 2.26. The summed E-state index contributed by atoms with van der Waals surface area (Å²) in [5.41, 5.74) is 0.569. The van der Waals surface area contributed by atoms with Gasteiger partial charge in [0.25, 0.3) is 0 Å². The number of hydrogen-bond acceptors (Lipinski definition) is 3. The third-order valence-corrected chi connectivity index (χ3v) is 3.63. The lowest BCUT2D eigenvalue weighted by molar-refractivity contribution is 0.158. The summed E-state index contributed by atoms with van der Waals surface area (Å²) in [4.78, 5) is 15.2. The number of benzene rings is 1. The van der Waals surface area contributed by atoms with E-state index in [1.54, 1.807) is 36.0 Å². The summed E-state index contributed by atoms with van der Waals surface area (Å²) in [6.07, 6.45) is 1.56. The van der Waals surface area contributed by atoms with Crippen LogP contribution >= 0.6 is 0 Å². The number of halogens is 1. The summed E-state index contributed by atoms with van der Waals surface area (Å²) >= 11 is 0. The van der Waals surface area contributed by atoms with Crippen molar-refractivity contribution >= 4 is 11.7 Å². The molecule has 1 fully saturated rings. The molecule has 0 aliphatic carbocycles. The lowest BCUT2D eigenvalue weighted by Gasteiger charge is -2.34. The molecule has 0 aromatic heterocycles. The van der Waals surface area contributed by atoms with Gasteiger partial charge in [-0.3, -0.25) is 0 Å². The van der Waals surface area contributed by atoms with Gasteiger partial charge in [0.1, 0.15) is 17.4 Å². The maximum absolute atomic E-state index is 13.5. The van der Waals surface area contributed by atoms with Crippen LogP contribution in [-0.4, -0.2) is 49.1 Å². The molecule has 1 saturated heterocycles. The van der Waals surface area contributed by atoms with Crippen LogP contribution in [0.4, 0.5) is 14.9 Å². The van der Waals surface area contributed by atoms with Crippen LogP contribution in [0, 0.1) is 17.1 Å². The highest BCUT2D eigenvalue weighted by Crippen LogP contribution is 2.22. The first-order chi connectivity index (χ1) is 10.0. The van der Waals surface area contributed by atoms with Gasteiger partial charge in [-0.2, -0.15) is 5.26 Å². The SMILES string of the molecule is CN(C)C(=O)N1CCC(Nc2cccc(F)c2C#N)CC1. The Balaban J connectivity index is 1.97. The van der Waals surface area contributed by atoms with Crippen LogP contribution in [0.15, 0.2) is 18.2 Å². The van der Waals surface area contributed by atoms with Gasteiger partial charge in [0, 0.05) is 33.2 Å². The van der Waals surface area contributed by atoms with E-state index in [1.165, 1.54) is 6.07 Å².